The number of ether oxygens (including phenoxy) is 2. The number of hydrogen-bond donors (Lipinski definition) is 4. The lowest BCUT2D eigenvalue weighted by molar-refractivity contribution is -0.277. The van der Waals surface area contributed by atoms with E-state index in [0.717, 1.165) is 0 Å². The zero-order valence-corrected chi connectivity index (χ0v) is 12.9. The summed E-state index contributed by atoms with van der Waals surface area (Å²) < 4.78 is 12.4. The summed E-state index contributed by atoms with van der Waals surface area (Å²) in [4.78, 5) is 11.7. The van der Waals surface area contributed by atoms with E-state index < -0.39 is 37.3 Å². The van der Waals surface area contributed by atoms with E-state index in [0.29, 0.717) is 10.9 Å². The first kappa shape index (κ1) is 16.9. The van der Waals surface area contributed by atoms with Crippen LogP contribution < -0.4 is 4.74 Å². The van der Waals surface area contributed by atoms with E-state index in [1.807, 2.05) is 0 Å². The molecule has 1 aromatic carbocycles. The molecular formula is C16H19NO7. The Morgan fingerprint density at radius 1 is 1.21 bits per heavy atom. The second-order valence-corrected chi connectivity index (χ2v) is 5.71. The van der Waals surface area contributed by atoms with Crippen molar-refractivity contribution in [1.29, 1.82) is 0 Å². The number of carbonyl (C=O) groups excluding carboxylic acids is 1. The van der Waals surface area contributed by atoms with Crippen LogP contribution in [0.4, 0.5) is 0 Å². The van der Waals surface area contributed by atoms with Crippen molar-refractivity contribution in [2.45, 2.75) is 37.6 Å². The van der Waals surface area contributed by atoms with E-state index in [4.69, 9.17) is 9.47 Å². The van der Waals surface area contributed by atoms with Gasteiger partial charge in [0.05, 0.1) is 18.3 Å². The van der Waals surface area contributed by atoms with Gasteiger partial charge in [-0.25, -0.2) is 0 Å². The van der Waals surface area contributed by atoms with Crippen molar-refractivity contribution in [3.63, 3.8) is 0 Å². The maximum absolute atomic E-state index is 11.7. The Morgan fingerprint density at radius 3 is 2.58 bits per heavy atom. The number of carbonyl (C=O) groups is 1. The maximum atomic E-state index is 11.7. The largest absolute Gasteiger partial charge is 0.460 e. The highest BCUT2D eigenvalue weighted by molar-refractivity contribution is 5.95. The van der Waals surface area contributed by atoms with Crippen molar-refractivity contribution < 1.29 is 34.7 Å². The molecule has 8 nitrogen and oxygen atoms in total. The summed E-state index contributed by atoms with van der Waals surface area (Å²) in [6.45, 7) is 0.865. The van der Waals surface area contributed by atoms with E-state index in [-0.39, 0.29) is 11.7 Å². The lowest BCUT2D eigenvalue weighted by Crippen LogP contribution is -2.60. The van der Waals surface area contributed by atoms with E-state index in [2.05, 4.69) is 0 Å². The number of fused-ring (bicyclic) bond motifs is 1. The Kier molecular flexibility index (Phi) is 4.57. The molecule has 0 aliphatic carbocycles. The lowest BCUT2D eigenvalue weighted by Gasteiger charge is -2.39. The zero-order valence-electron chi connectivity index (χ0n) is 12.9. The second-order valence-electron chi connectivity index (χ2n) is 5.71. The van der Waals surface area contributed by atoms with Gasteiger partial charge in [0, 0.05) is 12.3 Å². The van der Waals surface area contributed by atoms with Gasteiger partial charge in [-0.3, -0.25) is 9.36 Å². The van der Waals surface area contributed by atoms with Crippen LogP contribution in [0, 0.1) is 0 Å². The molecule has 24 heavy (non-hydrogen) atoms. The van der Waals surface area contributed by atoms with Crippen LogP contribution >= 0.6 is 0 Å². The second kappa shape index (κ2) is 6.50. The molecule has 0 radical (unpaired) electrons. The van der Waals surface area contributed by atoms with Crippen LogP contribution in [0.1, 0.15) is 11.7 Å². The first-order valence-electron chi connectivity index (χ1n) is 7.52. The highest BCUT2D eigenvalue weighted by Crippen LogP contribution is 2.31. The van der Waals surface area contributed by atoms with Gasteiger partial charge in [0.1, 0.15) is 30.2 Å². The third-order valence-corrected chi connectivity index (χ3v) is 4.11. The number of para-hydroxylation sites is 1. The van der Waals surface area contributed by atoms with E-state index >= 15 is 0 Å². The van der Waals surface area contributed by atoms with Crippen molar-refractivity contribution in [2.75, 3.05) is 6.61 Å². The molecule has 5 atom stereocenters. The highest BCUT2D eigenvalue weighted by Gasteiger charge is 2.44. The van der Waals surface area contributed by atoms with Crippen LogP contribution in [0.15, 0.2) is 30.5 Å². The molecule has 3 rings (SSSR count). The highest BCUT2D eigenvalue weighted by atomic mass is 16.7. The van der Waals surface area contributed by atoms with Gasteiger partial charge in [0.15, 0.2) is 0 Å². The quantitative estimate of drug-likeness (QED) is 0.594. The zero-order chi connectivity index (χ0) is 17.4. The van der Waals surface area contributed by atoms with E-state index in [1.165, 1.54) is 17.7 Å². The predicted molar refractivity (Wildman–Crippen MR) is 82.6 cm³/mol. The first-order valence-corrected chi connectivity index (χ1v) is 7.52. The molecule has 2 aromatic rings. The average Bonchev–Trinajstić information content (AvgIpc) is 2.94. The van der Waals surface area contributed by atoms with Gasteiger partial charge in [-0.05, 0) is 12.1 Å². The monoisotopic (exact) mass is 337 g/mol. The first-order chi connectivity index (χ1) is 11.4. The third kappa shape index (κ3) is 2.79. The molecule has 130 valence electrons. The van der Waals surface area contributed by atoms with Crippen LogP contribution in [0.25, 0.3) is 10.9 Å². The lowest BCUT2D eigenvalue weighted by atomic mass is 9.99. The fourth-order valence-corrected chi connectivity index (χ4v) is 2.79. The van der Waals surface area contributed by atoms with Crippen LogP contribution in [0.5, 0.6) is 5.75 Å². The Hall–Kier alpha value is -1.97. The summed E-state index contributed by atoms with van der Waals surface area (Å²) in [7, 11) is 0. The number of aliphatic hydroxyl groups is 4. The molecule has 1 aliphatic rings. The topological polar surface area (TPSA) is 121 Å². The smallest absolute Gasteiger partial charge is 0.229 e. The van der Waals surface area contributed by atoms with Crippen LogP contribution in [-0.2, 0) is 4.74 Å². The molecule has 4 N–H and O–H groups in total. The van der Waals surface area contributed by atoms with Crippen molar-refractivity contribution in [3.8, 4) is 5.75 Å². The van der Waals surface area contributed by atoms with Crippen LogP contribution in [0.3, 0.4) is 0 Å². The molecule has 2 heterocycles. The number of aromatic nitrogens is 1. The summed E-state index contributed by atoms with van der Waals surface area (Å²) in [5.41, 5.74) is 0.629. The fraction of sp³-hybridized carbons (Fsp3) is 0.438. The third-order valence-electron chi connectivity index (χ3n) is 4.11. The van der Waals surface area contributed by atoms with Crippen molar-refractivity contribution in [1.82, 2.24) is 4.57 Å². The number of nitrogens with zero attached hydrogens (tertiary/aromatic N) is 1. The SMILES string of the molecule is CC(=O)n1cc(O[C@@H]2OC(CO)[C@@H](O)[C@H](O)C2O)c2ccccc21. The summed E-state index contributed by atoms with van der Waals surface area (Å²) in [6, 6.07) is 7.04. The summed E-state index contributed by atoms with van der Waals surface area (Å²) in [6.07, 6.45) is -5.39. The minimum Gasteiger partial charge on any atom is -0.460 e. The van der Waals surface area contributed by atoms with Gasteiger partial charge in [0.2, 0.25) is 12.2 Å². The van der Waals surface area contributed by atoms with Crippen molar-refractivity contribution >= 4 is 16.8 Å². The normalized spacial score (nSPS) is 30.5. The molecule has 8 heteroatoms. The molecule has 1 aliphatic heterocycles. The molecule has 1 saturated heterocycles. The van der Waals surface area contributed by atoms with Gasteiger partial charge in [-0.2, -0.15) is 0 Å². The number of benzene rings is 1. The molecule has 0 bridgehead atoms. The summed E-state index contributed by atoms with van der Waals surface area (Å²) in [5, 5.41) is 39.5. The van der Waals surface area contributed by atoms with Crippen molar-refractivity contribution in [3.05, 3.63) is 30.5 Å². The van der Waals surface area contributed by atoms with Gasteiger partial charge in [-0.1, -0.05) is 12.1 Å². The Balaban J connectivity index is 1.93. The molecule has 1 fully saturated rings. The van der Waals surface area contributed by atoms with Gasteiger partial charge in [-0.15, -0.1) is 0 Å². The van der Waals surface area contributed by atoms with E-state index in [9.17, 15) is 25.2 Å². The van der Waals surface area contributed by atoms with Crippen LogP contribution in [-0.4, -0.2) is 68.2 Å². The molecule has 0 saturated carbocycles. The predicted octanol–water partition coefficient (Wildman–Crippen LogP) is -0.520. The van der Waals surface area contributed by atoms with Gasteiger partial charge >= 0.3 is 0 Å². The maximum Gasteiger partial charge on any atom is 0.229 e. The number of rotatable bonds is 3. The summed E-state index contributed by atoms with van der Waals surface area (Å²) >= 11 is 0. The summed E-state index contributed by atoms with van der Waals surface area (Å²) in [5.74, 6) is 0.0694. The minimum absolute atomic E-state index is 0.213. The van der Waals surface area contributed by atoms with Crippen LogP contribution in [0.2, 0.25) is 0 Å². The van der Waals surface area contributed by atoms with Gasteiger partial charge < -0.3 is 29.9 Å². The van der Waals surface area contributed by atoms with Crippen molar-refractivity contribution in [2.24, 2.45) is 0 Å². The molecule has 0 amide bonds. The Bertz CT molecular complexity index is 741. The minimum atomic E-state index is -1.53. The molecule has 0 spiro atoms. The molecular weight excluding hydrogens is 318 g/mol. The number of hydrogen-bond acceptors (Lipinski definition) is 7. The van der Waals surface area contributed by atoms with E-state index in [1.54, 1.807) is 24.3 Å². The standard InChI is InChI=1S/C16H19NO7/c1-8(19)17-6-11(9-4-2-3-5-10(9)17)23-16-15(22)14(21)13(20)12(7-18)24-16/h2-6,12-16,18,20-22H,7H2,1H3/t12?,13-,14+,15?,16-/m1/s1. The average molecular weight is 337 g/mol. The van der Waals surface area contributed by atoms with Gasteiger partial charge in [0.25, 0.3) is 0 Å². The Morgan fingerprint density at radius 2 is 1.92 bits per heavy atom. The number of aliphatic hydroxyl groups excluding tert-OH is 4. The molecule has 1 aromatic heterocycles. The Labute approximate surface area is 137 Å². The fourth-order valence-electron chi connectivity index (χ4n) is 2.79. The molecule has 2 unspecified atom stereocenters.